The minimum atomic E-state index is -4.88. The molecule has 0 radical (unpaired) electrons. The molecule has 4 atom stereocenters. The lowest BCUT2D eigenvalue weighted by Gasteiger charge is -2.34. The van der Waals surface area contributed by atoms with E-state index in [9.17, 15) is 27.9 Å². The molecule has 0 bridgehead atoms. The molecule has 1 fully saturated rings. The van der Waals surface area contributed by atoms with Gasteiger partial charge in [-0.1, -0.05) is 50.9 Å². The average molecular weight is 608 g/mol. The van der Waals surface area contributed by atoms with E-state index in [1.54, 1.807) is 13.8 Å². The molecule has 222 valence electrons. The van der Waals surface area contributed by atoms with Crippen LogP contribution in [0.5, 0.6) is 0 Å². The Hall–Kier alpha value is -2.37. The molecule has 2 aromatic heterocycles. The van der Waals surface area contributed by atoms with E-state index in [2.05, 4.69) is 10.1 Å². The van der Waals surface area contributed by atoms with Crippen molar-refractivity contribution >= 4 is 35.1 Å². The van der Waals surface area contributed by atoms with Crippen molar-refractivity contribution in [1.29, 1.82) is 0 Å². The lowest BCUT2D eigenvalue weighted by molar-refractivity contribution is -0.153. The summed E-state index contributed by atoms with van der Waals surface area (Å²) in [6, 6.07) is -0.657. The summed E-state index contributed by atoms with van der Waals surface area (Å²) < 4.78 is 49.5. The zero-order valence-corrected chi connectivity index (χ0v) is 24.6. The largest absolute Gasteiger partial charge is 0.466 e. The maximum atomic E-state index is 14.5. The van der Waals surface area contributed by atoms with E-state index in [0.717, 1.165) is 15.8 Å². The van der Waals surface area contributed by atoms with Crippen molar-refractivity contribution in [2.45, 2.75) is 72.2 Å². The Morgan fingerprint density at radius 3 is 2.33 bits per heavy atom. The first-order valence-corrected chi connectivity index (χ1v) is 13.9. The molecule has 1 aliphatic carbocycles. The summed E-state index contributed by atoms with van der Waals surface area (Å²) >= 11 is 12.3. The van der Waals surface area contributed by atoms with Gasteiger partial charge in [0.05, 0.1) is 53.0 Å². The number of ether oxygens (including phenoxy) is 1. The third-order valence-electron chi connectivity index (χ3n) is 6.94. The molecule has 0 aromatic carbocycles. The third kappa shape index (κ3) is 7.47. The minimum Gasteiger partial charge on any atom is -0.466 e. The van der Waals surface area contributed by atoms with Crippen LogP contribution in [0.1, 0.15) is 87.6 Å². The first-order valence-electron chi connectivity index (χ1n) is 13.1. The quantitative estimate of drug-likeness (QED) is 0.351. The van der Waals surface area contributed by atoms with Crippen molar-refractivity contribution in [2.75, 3.05) is 19.7 Å². The Labute approximate surface area is 241 Å². The van der Waals surface area contributed by atoms with Crippen LogP contribution in [0.2, 0.25) is 10.0 Å². The molecular weight excluding hydrogens is 572 g/mol. The van der Waals surface area contributed by atoms with Crippen LogP contribution in [0.25, 0.3) is 0 Å². The molecule has 0 spiro atoms. The Kier molecular flexibility index (Phi) is 10.2. The van der Waals surface area contributed by atoms with Gasteiger partial charge in [0, 0.05) is 24.5 Å². The molecule has 0 aliphatic heterocycles. The van der Waals surface area contributed by atoms with Gasteiger partial charge >= 0.3 is 12.1 Å². The molecule has 40 heavy (non-hydrogen) atoms. The maximum Gasteiger partial charge on any atom is 0.433 e. The number of carbonyl (C=O) groups is 2. The highest BCUT2D eigenvalue weighted by Crippen LogP contribution is 2.42. The van der Waals surface area contributed by atoms with Gasteiger partial charge in [0.25, 0.3) is 5.91 Å². The van der Waals surface area contributed by atoms with Gasteiger partial charge in [-0.15, -0.1) is 0 Å². The van der Waals surface area contributed by atoms with Gasteiger partial charge in [0.2, 0.25) is 0 Å². The van der Waals surface area contributed by atoms with Gasteiger partial charge in [-0.25, -0.2) is 0 Å². The van der Waals surface area contributed by atoms with Crippen LogP contribution >= 0.6 is 23.2 Å². The lowest BCUT2D eigenvalue weighted by Crippen LogP contribution is -2.41. The number of nitrogens with zero attached hydrogens (tertiary/aromatic N) is 4. The van der Waals surface area contributed by atoms with Crippen LogP contribution in [-0.2, 0) is 15.7 Å². The fourth-order valence-corrected chi connectivity index (χ4v) is 5.89. The van der Waals surface area contributed by atoms with E-state index in [-0.39, 0.29) is 60.0 Å². The van der Waals surface area contributed by atoms with E-state index in [1.807, 2.05) is 20.8 Å². The smallest absolute Gasteiger partial charge is 0.433 e. The number of amides is 1. The number of pyridine rings is 1. The Bertz CT molecular complexity index is 1200. The molecule has 1 unspecified atom stereocenters. The highest BCUT2D eigenvalue weighted by Gasteiger charge is 2.44. The number of hydrogen-bond acceptors (Lipinski definition) is 6. The monoisotopic (exact) mass is 606 g/mol. The van der Waals surface area contributed by atoms with Crippen LogP contribution in [0.3, 0.4) is 0 Å². The van der Waals surface area contributed by atoms with Gasteiger partial charge in [-0.05, 0) is 37.5 Å². The predicted molar refractivity (Wildman–Crippen MR) is 144 cm³/mol. The van der Waals surface area contributed by atoms with Gasteiger partial charge in [-0.3, -0.25) is 19.3 Å². The van der Waals surface area contributed by atoms with Gasteiger partial charge in [0.1, 0.15) is 0 Å². The topological polar surface area (TPSA) is 97.6 Å². The van der Waals surface area contributed by atoms with Crippen LogP contribution in [0.15, 0.2) is 18.6 Å². The second kappa shape index (κ2) is 12.7. The summed E-state index contributed by atoms with van der Waals surface area (Å²) in [5.41, 5.74) is -2.16. The highest BCUT2D eigenvalue weighted by molar-refractivity contribution is 6.35. The molecule has 13 heteroatoms. The van der Waals surface area contributed by atoms with Crippen molar-refractivity contribution in [3.63, 3.8) is 0 Å². The van der Waals surface area contributed by atoms with E-state index in [1.165, 1.54) is 12.4 Å². The van der Waals surface area contributed by atoms with Crippen LogP contribution in [0.4, 0.5) is 13.2 Å². The fourth-order valence-electron chi connectivity index (χ4n) is 5.27. The molecule has 1 N–H and O–H groups in total. The fraction of sp³-hybridized carbons (Fsp3) is 0.630. The molecule has 1 aliphatic rings. The first-order chi connectivity index (χ1) is 18.5. The summed E-state index contributed by atoms with van der Waals surface area (Å²) in [4.78, 5) is 31.0. The summed E-state index contributed by atoms with van der Waals surface area (Å²) in [5.74, 6) is -1.92. The molecule has 0 saturated heterocycles. The number of aliphatic hydroxyl groups is 1. The molecule has 3 rings (SSSR count). The molecular formula is C27H35Cl2F3N4O4. The second-order valence-corrected chi connectivity index (χ2v) is 12.2. The summed E-state index contributed by atoms with van der Waals surface area (Å²) in [7, 11) is 0. The van der Waals surface area contributed by atoms with Gasteiger partial charge in [-0.2, -0.15) is 18.3 Å². The van der Waals surface area contributed by atoms with Crippen molar-refractivity contribution in [1.82, 2.24) is 19.7 Å². The van der Waals surface area contributed by atoms with Crippen molar-refractivity contribution in [3.05, 3.63) is 45.5 Å². The first kappa shape index (κ1) is 32.1. The van der Waals surface area contributed by atoms with Crippen LogP contribution in [-0.4, -0.2) is 56.3 Å². The van der Waals surface area contributed by atoms with Crippen molar-refractivity contribution in [3.8, 4) is 0 Å². The number of esters is 1. The Morgan fingerprint density at radius 1 is 1.18 bits per heavy atom. The Morgan fingerprint density at radius 2 is 1.80 bits per heavy atom. The average Bonchev–Trinajstić information content (AvgIpc) is 3.28. The number of alkyl halides is 3. The van der Waals surface area contributed by atoms with Crippen molar-refractivity contribution < 1.29 is 32.6 Å². The summed E-state index contributed by atoms with van der Waals surface area (Å²) in [6.45, 7) is 8.88. The number of halogens is 5. The normalized spacial score (nSPS) is 20.7. The number of carbonyl (C=O) groups excluding carboxylic acids is 2. The maximum absolute atomic E-state index is 14.5. The summed E-state index contributed by atoms with van der Waals surface area (Å²) in [5, 5.41) is 15.1. The highest BCUT2D eigenvalue weighted by atomic mass is 35.5. The second-order valence-electron chi connectivity index (χ2n) is 11.4. The molecule has 1 amide bonds. The Balaban J connectivity index is 1.96. The standard InChI is InChI=1S/C27H35Cl2F3N4O4/c1-6-40-25(39)17-8-7-16(9-15(17)2)36-23(27(30,31)32)18(10-34-36)24(38)35(14-26(3,4)5)13-21(37)22-19(28)11-33-12-20(22)29/h10-12,15-17,21,37H,6-9,13-14H2,1-5H3/t15-,16-,17-,21?/m0/s1. The van der Waals surface area contributed by atoms with Crippen LogP contribution < -0.4 is 0 Å². The lowest BCUT2D eigenvalue weighted by atomic mass is 9.78. The SMILES string of the molecule is CCOC(=O)[C@H]1CC[C@H](n2ncc(C(=O)N(CC(O)c3c(Cl)cncc3Cl)CC(C)(C)C)c2C(F)(F)F)C[C@@H]1C. The number of aliphatic hydroxyl groups excluding tert-OH is 1. The van der Waals surface area contributed by atoms with E-state index < -0.39 is 46.8 Å². The van der Waals surface area contributed by atoms with Crippen LogP contribution in [0, 0.1) is 17.3 Å². The third-order valence-corrected chi connectivity index (χ3v) is 7.54. The molecule has 2 aromatic rings. The number of rotatable bonds is 8. The van der Waals surface area contributed by atoms with Gasteiger partial charge < -0.3 is 14.7 Å². The minimum absolute atomic E-state index is 0.0351. The van der Waals surface area contributed by atoms with E-state index in [4.69, 9.17) is 27.9 Å². The van der Waals surface area contributed by atoms with Gasteiger partial charge in [0.15, 0.2) is 5.69 Å². The number of hydrogen-bond donors (Lipinski definition) is 1. The zero-order valence-electron chi connectivity index (χ0n) is 23.1. The predicted octanol–water partition coefficient (Wildman–Crippen LogP) is 6.37. The summed E-state index contributed by atoms with van der Waals surface area (Å²) in [6.07, 6.45) is -1.87. The van der Waals surface area contributed by atoms with E-state index >= 15 is 0 Å². The molecule has 8 nitrogen and oxygen atoms in total. The molecule has 2 heterocycles. The molecule has 1 saturated carbocycles. The number of aromatic nitrogens is 3. The van der Waals surface area contributed by atoms with Crippen molar-refractivity contribution in [2.24, 2.45) is 17.3 Å². The zero-order chi connectivity index (χ0) is 30.0. The van der Waals surface area contributed by atoms with E-state index in [0.29, 0.717) is 6.42 Å².